The molecule has 1 fully saturated rings. The van der Waals surface area contributed by atoms with E-state index in [1.165, 1.54) is 10.3 Å². The first kappa shape index (κ1) is 22.0. The van der Waals surface area contributed by atoms with Crippen molar-refractivity contribution in [3.63, 3.8) is 0 Å². The van der Waals surface area contributed by atoms with Crippen LogP contribution >= 0.6 is 11.3 Å². The van der Waals surface area contributed by atoms with Crippen LogP contribution in [-0.2, 0) is 6.54 Å². The Morgan fingerprint density at radius 3 is 2.40 bits per heavy atom. The summed E-state index contributed by atoms with van der Waals surface area (Å²) in [4.78, 5) is 13.3. The zero-order chi connectivity index (χ0) is 23.5. The third kappa shape index (κ3) is 5.12. The molecule has 3 heterocycles. The third-order valence-electron chi connectivity index (χ3n) is 6.15. The highest BCUT2D eigenvalue weighted by Crippen LogP contribution is 2.32. The van der Waals surface area contributed by atoms with Gasteiger partial charge in [-0.25, -0.2) is 4.98 Å². The summed E-state index contributed by atoms with van der Waals surface area (Å²) < 4.78 is 3.19. The van der Waals surface area contributed by atoms with E-state index in [1.54, 1.807) is 11.3 Å². The average molecular weight is 481 g/mol. The maximum Gasteiger partial charge on any atom is 0.149 e. The normalized spacial score (nSPS) is 15.0. The van der Waals surface area contributed by atoms with Gasteiger partial charge in [-0.3, -0.25) is 9.58 Å². The van der Waals surface area contributed by atoms with E-state index in [4.69, 9.17) is 9.82 Å². The smallest absolute Gasteiger partial charge is 0.149 e. The lowest BCUT2D eigenvalue weighted by Crippen LogP contribution is -2.45. The Balaban J connectivity index is 1.01. The molecule has 1 saturated heterocycles. The first-order valence-electron chi connectivity index (χ1n) is 11.8. The second-order valence-corrected chi connectivity index (χ2v) is 9.60. The highest BCUT2D eigenvalue weighted by atomic mass is 32.1. The van der Waals surface area contributed by atoms with E-state index in [9.17, 15) is 0 Å². The van der Waals surface area contributed by atoms with Crippen LogP contribution < -0.4 is 4.84 Å². The van der Waals surface area contributed by atoms with Gasteiger partial charge < -0.3 is 4.84 Å². The number of benzene rings is 3. The number of thiazole rings is 1. The van der Waals surface area contributed by atoms with Gasteiger partial charge in [0.1, 0.15) is 10.8 Å². The maximum absolute atomic E-state index is 6.16. The van der Waals surface area contributed by atoms with Crippen LogP contribution in [0.5, 0.6) is 5.75 Å². The minimum absolute atomic E-state index is 0.749. The third-order valence-corrected chi connectivity index (χ3v) is 7.24. The highest BCUT2D eigenvalue weighted by Gasteiger charge is 2.19. The summed E-state index contributed by atoms with van der Waals surface area (Å²) >= 11 is 1.71. The van der Waals surface area contributed by atoms with Gasteiger partial charge in [-0.2, -0.15) is 5.10 Å². The fourth-order valence-corrected chi connectivity index (χ4v) is 5.18. The molecule has 3 aromatic carbocycles. The molecule has 0 unspecified atom stereocenters. The molecule has 175 valence electrons. The van der Waals surface area contributed by atoms with E-state index in [0.29, 0.717) is 0 Å². The molecule has 5 aromatic rings. The average Bonchev–Trinajstić information content (AvgIpc) is 3.57. The Hall–Kier alpha value is -3.52. The predicted molar refractivity (Wildman–Crippen MR) is 141 cm³/mol. The second-order valence-electron chi connectivity index (χ2n) is 8.57. The van der Waals surface area contributed by atoms with Crippen LogP contribution in [0.25, 0.3) is 31.9 Å². The molecule has 1 radical (unpaired) electrons. The van der Waals surface area contributed by atoms with Crippen LogP contribution in [0, 0.1) is 6.54 Å². The Labute approximate surface area is 209 Å². The monoisotopic (exact) mass is 480 g/mol. The zero-order valence-corrected chi connectivity index (χ0v) is 20.1. The number of hydroxylamine groups is 2. The van der Waals surface area contributed by atoms with Crippen molar-refractivity contribution in [3.05, 3.63) is 97.8 Å². The van der Waals surface area contributed by atoms with Gasteiger partial charge in [0.25, 0.3) is 0 Å². The summed E-state index contributed by atoms with van der Waals surface area (Å²) in [5.41, 5.74) is 4.47. The summed E-state index contributed by atoms with van der Waals surface area (Å²) in [5, 5.41) is 7.57. The number of rotatable bonds is 7. The van der Waals surface area contributed by atoms with Crippen molar-refractivity contribution in [1.29, 1.82) is 0 Å². The molecule has 0 amide bonds. The molecule has 7 heteroatoms. The van der Waals surface area contributed by atoms with E-state index >= 15 is 0 Å². The SMILES string of the molecule is [CH]1CN(Oc2ccc3sc(-c4ccccc4)nc3c2)CCN1CCn1cc(-c2ccccc2)cn1. The van der Waals surface area contributed by atoms with Gasteiger partial charge in [0.15, 0.2) is 0 Å². The van der Waals surface area contributed by atoms with E-state index in [-0.39, 0.29) is 0 Å². The lowest BCUT2D eigenvalue weighted by atomic mass is 10.1. The molecule has 0 atom stereocenters. The molecule has 6 nitrogen and oxygen atoms in total. The Morgan fingerprint density at radius 1 is 0.829 bits per heavy atom. The zero-order valence-electron chi connectivity index (χ0n) is 19.3. The summed E-state index contributed by atoms with van der Waals surface area (Å²) in [6.45, 7) is 6.50. The van der Waals surface area contributed by atoms with Crippen LogP contribution in [0.3, 0.4) is 0 Å². The Bertz CT molecular complexity index is 1390. The summed E-state index contributed by atoms with van der Waals surface area (Å²) in [6.07, 6.45) is 4.05. The van der Waals surface area contributed by atoms with Crippen LogP contribution in [0.1, 0.15) is 0 Å². The number of piperazine rings is 1. The van der Waals surface area contributed by atoms with Gasteiger partial charge >= 0.3 is 0 Å². The summed E-state index contributed by atoms with van der Waals surface area (Å²) in [5.74, 6) is 0.828. The van der Waals surface area contributed by atoms with Gasteiger partial charge in [0.2, 0.25) is 0 Å². The number of hydrogen-bond donors (Lipinski definition) is 0. The first-order chi connectivity index (χ1) is 17.3. The summed E-state index contributed by atoms with van der Waals surface area (Å²) in [6, 6.07) is 26.8. The van der Waals surface area contributed by atoms with Crippen molar-refractivity contribution in [2.24, 2.45) is 0 Å². The lowest BCUT2D eigenvalue weighted by molar-refractivity contribution is -0.0764. The van der Waals surface area contributed by atoms with E-state index < -0.39 is 0 Å². The van der Waals surface area contributed by atoms with Crippen molar-refractivity contribution >= 4 is 21.6 Å². The van der Waals surface area contributed by atoms with E-state index in [1.807, 2.05) is 52.3 Å². The fraction of sp³-hybridized carbons (Fsp3) is 0.179. The van der Waals surface area contributed by atoms with Gasteiger partial charge in [0.05, 0.1) is 29.5 Å². The summed E-state index contributed by atoms with van der Waals surface area (Å²) in [7, 11) is 0. The number of hydrogen-bond acceptors (Lipinski definition) is 6. The van der Waals surface area contributed by atoms with Gasteiger partial charge in [-0.15, -0.1) is 16.4 Å². The predicted octanol–water partition coefficient (Wildman–Crippen LogP) is 5.60. The van der Waals surface area contributed by atoms with Crippen molar-refractivity contribution < 1.29 is 4.84 Å². The first-order valence-corrected chi connectivity index (χ1v) is 12.7. The molecule has 0 bridgehead atoms. The minimum Gasteiger partial charge on any atom is -0.406 e. The van der Waals surface area contributed by atoms with Gasteiger partial charge in [-0.1, -0.05) is 60.7 Å². The van der Waals surface area contributed by atoms with Crippen molar-refractivity contribution in [2.75, 3.05) is 26.2 Å². The maximum atomic E-state index is 6.16. The standard InChI is InChI=1S/C28H26N5OS/c1-3-7-22(8-4-1)24-20-29-32(21-24)16-13-31-14-17-33(18-15-31)34-25-11-12-27-26(19-25)30-28(35-27)23-9-5-2-6-10-23/h1-12,14,19-21H,13,15-18H2. The second kappa shape index (κ2) is 10.00. The van der Waals surface area contributed by atoms with Crippen LogP contribution in [-0.4, -0.2) is 50.9 Å². The molecule has 35 heavy (non-hydrogen) atoms. The van der Waals surface area contributed by atoms with Crippen LogP contribution in [0.2, 0.25) is 0 Å². The fourth-order valence-electron chi connectivity index (χ4n) is 4.23. The Morgan fingerprint density at radius 2 is 1.63 bits per heavy atom. The largest absolute Gasteiger partial charge is 0.406 e. The highest BCUT2D eigenvalue weighted by molar-refractivity contribution is 7.21. The molecule has 0 saturated carbocycles. The topological polar surface area (TPSA) is 46.4 Å². The molecular weight excluding hydrogens is 454 g/mol. The van der Waals surface area contributed by atoms with Crippen molar-refractivity contribution in [2.45, 2.75) is 6.54 Å². The van der Waals surface area contributed by atoms with E-state index in [0.717, 1.165) is 60.1 Å². The lowest BCUT2D eigenvalue weighted by Gasteiger charge is -2.33. The number of fused-ring (bicyclic) bond motifs is 1. The molecule has 1 aliphatic heterocycles. The minimum atomic E-state index is 0.749. The quantitative estimate of drug-likeness (QED) is 0.303. The molecule has 1 aliphatic rings. The van der Waals surface area contributed by atoms with Crippen LogP contribution in [0.4, 0.5) is 0 Å². The molecular formula is C28H26N5OS. The number of nitrogens with zero attached hydrogens (tertiary/aromatic N) is 5. The number of aromatic nitrogens is 3. The van der Waals surface area contributed by atoms with Crippen molar-refractivity contribution in [3.8, 4) is 27.4 Å². The van der Waals surface area contributed by atoms with E-state index in [2.05, 4.69) is 65.2 Å². The molecule has 0 spiro atoms. The van der Waals surface area contributed by atoms with Crippen LogP contribution in [0.15, 0.2) is 91.3 Å². The molecule has 6 rings (SSSR count). The molecule has 0 N–H and O–H groups in total. The van der Waals surface area contributed by atoms with Gasteiger partial charge in [-0.05, 0) is 17.7 Å². The van der Waals surface area contributed by atoms with Gasteiger partial charge in [0, 0.05) is 49.6 Å². The van der Waals surface area contributed by atoms with Crippen molar-refractivity contribution in [1.82, 2.24) is 24.7 Å². The molecule has 0 aliphatic carbocycles. The Kier molecular flexibility index (Phi) is 6.28. The molecule has 2 aromatic heterocycles.